The van der Waals surface area contributed by atoms with Gasteiger partial charge in [-0.05, 0) is 35.2 Å². The predicted octanol–water partition coefficient (Wildman–Crippen LogP) is 5.15. The Morgan fingerprint density at radius 3 is 2.70 bits per heavy atom. The van der Waals surface area contributed by atoms with Crippen molar-refractivity contribution in [2.75, 3.05) is 0 Å². The minimum absolute atomic E-state index is 0.278. The highest BCUT2D eigenvalue weighted by Crippen LogP contribution is 2.34. The number of fused-ring (bicyclic) bond motifs is 1. The highest BCUT2D eigenvalue weighted by Gasteiger charge is 2.13. The van der Waals surface area contributed by atoms with Crippen LogP contribution in [0.25, 0.3) is 10.1 Å². The van der Waals surface area contributed by atoms with Crippen LogP contribution in [0.2, 0.25) is 0 Å². The van der Waals surface area contributed by atoms with Crippen molar-refractivity contribution >= 4 is 40.3 Å². The Morgan fingerprint density at radius 1 is 1.15 bits per heavy atom. The molecule has 0 amide bonds. The molecule has 1 unspecified atom stereocenters. The third-order valence-corrected chi connectivity index (χ3v) is 5.26. The number of thiol groups is 1. The summed E-state index contributed by atoms with van der Waals surface area (Å²) in [5, 5.41) is 1.28. The van der Waals surface area contributed by atoms with Crippen LogP contribution in [-0.2, 0) is 0 Å². The first-order valence-electron chi connectivity index (χ1n) is 6.45. The summed E-state index contributed by atoms with van der Waals surface area (Å²) >= 11 is 6.10. The lowest BCUT2D eigenvalue weighted by atomic mass is 9.97. The third kappa shape index (κ3) is 2.39. The maximum atomic E-state index is 11.0. The quantitative estimate of drug-likeness (QED) is 0.522. The second-order valence-corrected chi connectivity index (χ2v) is 6.44. The Balaban J connectivity index is 2.03. The zero-order valence-electron chi connectivity index (χ0n) is 11.0. The molecule has 0 saturated heterocycles. The smallest absolute Gasteiger partial charge is 0.151 e. The number of hydrogen-bond acceptors (Lipinski definition) is 3. The first-order chi connectivity index (χ1) is 9.69. The first-order valence-corrected chi connectivity index (χ1v) is 7.72. The van der Waals surface area contributed by atoms with Crippen molar-refractivity contribution < 1.29 is 4.79 Å². The summed E-state index contributed by atoms with van der Waals surface area (Å²) < 4.78 is 1.30. The van der Waals surface area contributed by atoms with E-state index >= 15 is 0 Å². The lowest BCUT2D eigenvalue weighted by molar-refractivity contribution is 0.112. The van der Waals surface area contributed by atoms with E-state index in [9.17, 15) is 4.79 Å². The Bertz CT molecular complexity index is 741. The molecular weight excluding hydrogens is 284 g/mol. The molecule has 0 saturated carbocycles. The van der Waals surface area contributed by atoms with Crippen molar-refractivity contribution in [3.63, 3.8) is 0 Å². The highest BCUT2D eigenvalue weighted by molar-refractivity contribution is 7.80. The van der Waals surface area contributed by atoms with E-state index in [1.165, 1.54) is 15.0 Å². The van der Waals surface area contributed by atoms with Crippen molar-refractivity contribution in [3.8, 4) is 0 Å². The average molecular weight is 298 g/mol. The predicted molar refractivity (Wildman–Crippen MR) is 88.4 cm³/mol. The van der Waals surface area contributed by atoms with Gasteiger partial charge in [0.2, 0.25) is 0 Å². The molecule has 0 aliphatic rings. The summed E-state index contributed by atoms with van der Waals surface area (Å²) in [6, 6.07) is 16.5. The van der Waals surface area contributed by atoms with Gasteiger partial charge in [-0.2, -0.15) is 0 Å². The summed E-state index contributed by atoms with van der Waals surface area (Å²) in [6.45, 7) is 2.17. The van der Waals surface area contributed by atoms with Gasteiger partial charge in [0.25, 0.3) is 0 Å². The van der Waals surface area contributed by atoms with Crippen LogP contribution in [0.1, 0.15) is 33.6 Å². The Kier molecular flexibility index (Phi) is 3.64. The molecule has 1 atom stereocenters. The van der Waals surface area contributed by atoms with Gasteiger partial charge in [-0.3, -0.25) is 4.79 Å². The summed E-state index contributed by atoms with van der Waals surface area (Å²) in [4.78, 5) is 13.1. The molecular formula is C17H14OS2. The number of rotatable bonds is 3. The number of benzene rings is 2. The van der Waals surface area contributed by atoms with E-state index in [4.69, 9.17) is 0 Å². The van der Waals surface area contributed by atoms with E-state index in [2.05, 4.69) is 49.9 Å². The SMILES string of the molecule is CC(c1ccc(S)c(C=O)c1)c1cc2ccccc2s1. The Labute approximate surface area is 127 Å². The topological polar surface area (TPSA) is 17.1 Å². The molecule has 3 rings (SSSR count). The molecule has 100 valence electrons. The van der Waals surface area contributed by atoms with Crippen LogP contribution in [0.4, 0.5) is 0 Å². The minimum Gasteiger partial charge on any atom is -0.298 e. The van der Waals surface area contributed by atoms with E-state index in [0.717, 1.165) is 16.7 Å². The Hall–Kier alpha value is -1.58. The van der Waals surface area contributed by atoms with Gasteiger partial charge in [0.15, 0.2) is 6.29 Å². The lowest BCUT2D eigenvalue weighted by Gasteiger charge is -2.11. The maximum absolute atomic E-state index is 11.0. The molecule has 0 fully saturated rings. The molecule has 0 N–H and O–H groups in total. The molecule has 0 radical (unpaired) electrons. The van der Waals surface area contributed by atoms with Crippen molar-refractivity contribution in [2.24, 2.45) is 0 Å². The molecule has 1 aromatic heterocycles. The molecule has 20 heavy (non-hydrogen) atoms. The normalized spacial score (nSPS) is 12.5. The molecule has 2 aromatic carbocycles. The lowest BCUT2D eigenvalue weighted by Crippen LogP contribution is -1.95. The van der Waals surface area contributed by atoms with Gasteiger partial charge >= 0.3 is 0 Å². The van der Waals surface area contributed by atoms with E-state index in [0.29, 0.717) is 5.56 Å². The number of thiophene rings is 1. The zero-order chi connectivity index (χ0) is 14.1. The molecule has 3 aromatic rings. The second-order valence-electron chi connectivity index (χ2n) is 4.84. The van der Waals surface area contributed by atoms with Crippen LogP contribution in [0, 0.1) is 0 Å². The third-order valence-electron chi connectivity index (χ3n) is 3.55. The Morgan fingerprint density at radius 2 is 1.95 bits per heavy atom. The molecule has 0 bridgehead atoms. The fourth-order valence-electron chi connectivity index (χ4n) is 2.32. The van der Waals surface area contributed by atoms with Gasteiger partial charge in [0, 0.05) is 26.0 Å². The van der Waals surface area contributed by atoms with Gasteiger partial charge in [-0.25, -0.2) is 0 Å². The van der Waals surface area contributed by atoms with Crippen LogP contribution in [0.15, 0.2) is 53.4 Å². The number of carbonyl (C=O) groups is 1. The number of aldehydes is 1. The molecule has 0 aliphatic carbocycles. The van der Waals surface area contributed by atoms with Crippen LogP contribution in [0.5, 0.6) is 0 Å². The number of carbonyl (C=O) groups excluding carboxylic acids is 1. The van der Waals surface area contributed by atoms with Gasteiger partial charge in [0.1, 0.15) is 0 Å². The maximum Gasteiger partial charge on any atom is 0.151 e. The highest BCUT2D eigenvalue weighted by atomic mass is 32.1. The average Bonchev–Trinajstić information content (AvgIpc) is 2.91. The van der Waals surface area contributed by atoms with Crippen molar-refractivity contribution in [3.05, 3.63) is 64.5 Å². The zero-order valence-corrected chi connectivity index (χ0v) is 12.7. The fraction of sp³-hybridized carbons (Fsp3) is 0.118. The van der Waals surface area contributed by atoms with Gasteiger partial charge in [-0.1, -0.05) is 31.2 Å². The van der Waals surface area contributed by atoms with E-state index in [-0.39, 0.29) is 5.92 Å². The molecule has 0 aliphatic heterocycles. The molecule has 3 heteroatoms. The van der Waals surface area contributed by atoms with Crippen molar-refractivity contribution in [2.45, 2.75) is 17.7 Å². The summed E-state index contributed by atoms with van der Waals surface area (Å²) in [5.74, 6) is 0.278. The van der Waals surface area contributed by atoms with Crippen LogP contribution >= 0.6 is 24.0 Å². The second kappa shape index (κ2) is 5.43. The monoisotopic (exact) mass is 298 g/mol. The first kappa shape index (κ1) is 13.4. The summed E-state index contributed by atoms with van der Waals surface area (Å²) in [7, 11) is 0. The molecule has 1 nitrogen and oxygen atoms in total. The van der Waals surface area contributed by atoms with Crippen LogP contribution in [0.3, 0.4) is 0 Å². The van der Waals surface area contributed by atoms with Gasteiger partial charge in [0.05, 0.1) is 0 Å². The van der Waals surface area contributed by atoms with Crippen molar-refractivity contribution in [1.82, 2.24) is 0 Å². The van der Waals surface area contributed by atoms with Gasteiger partial charge < -0.3 is 0 Å². The van der Waals surface area contributed by atoms with E-state index < -0.39 is 0 Å². The van der Waals surface area contributed by atoms with Crippen LogP contribution < -0.4 is 0 Å². The van der Waals surface area contributed by atoms with E-state index in [1.807, 2.05) is 29.5 Å². The van der Waals surface area contributed by atoms with E-state index in [1.54, 1.807) is 0 Å². The molecule has 0 spiro atoms. The summed E-state index contributed by atoms with van der Waals surface area (Å²) in [6.07, 6.45) is 0.865. The van der Waals surface area contributed by atoms with Crippen molar-refractivity contribution in [1.29, 1.82) is 0 Å². The fourth-order valence-corrected chi connectivity index (χ4v) is 3.65. The summed E-state index contributed by atoms with van der Waals surface area (Å²) in [5.41, 5.74) is 1.80. The van der Waals surface area contributed by atoms with Crippen LogP contribution in [-0.4, -0.2) is 6.29 Å². The number of hydrogen-bond donors (Lipinski definition) is 1. The molecule has 1 heterocycles. The standard InChI is InChI=1S/C17H14OS2/c1-11(12-6-7-15(19)14(8-12)10-18)17-9-13-4-2-3-5-16(13)20-17/h2-11,19H,1H3. The van der Waals surface area contributed by atoms with Gasteiger partial charge in [-0.15, -0.1) is 24.0 Å². The largest absolute Gasteiger partial charge is 0.298 e. The minimum atomic E-state index is 0.278.